The molecule has 0 aromatic heterocycles. The summed E-state index contributed by atoms with van der Waals surface area (Å²) in [4.78, 5) is 0. The Morgan fingerprint density at radius 3 is 2.71 bits per heavy atom. The highest BCUT2D eigenvalue weighted by atomic mass is 16.3. The molecule has 0 saturated heterocycles. The van der Waals surface area contributed by atoms with Crippen LogP contribution in [0.1, 0.15) is 72.6 Å². The van der Waals surface area contributed by atoms with Crippen LogP contribution in [0.4, 0.5) is 0 Å². The molecule has 0 radical (unpaired) electrons. The van der Waals surface area contributed by atoms with E-state index >= 15 is 0 Å². The van der Waals surface area contributed by atoms with Crippen LogP contribution in [0.25, 0.3) is 0 Å². The predicted octanol–water partition coefficient (Wildman–Crippen LogP) is 5.50. The fourth-order valence-electron chi connectivity index (χ4n) is 5.32. The van der Waals surface area contributed by atoms with Crippen molar-refractivity contribution in [2.24, 2.45) is 22.7 Å². The number of hydrogen-bond donors (Lipinski definition) is 1. The molecule has 0 bridgehead atoms. The van der Waals surface area contributed by atoms with E-state index in [1.165, 1.54) is 49.7 Å². The minimum Gasteiger partial charge on any atom is -0.396 e. The third-order valence-electron chi connectivity index (χ3n) is 6.82. The van der Waals surface area contributed by atoms with Crippen LogP contribution in [-0.4, -0.2) is 11.7 Å². The predicted molar refractivity (Wildman–Crippen MR) is 91.2 cm³/mol. The van der Waals surface area contributed by atoms with E-state index in [0.717, 1.165) is 6.42 Å². The second-order valence-electron chi connectivity index (χ2n) is 8.15. The standard InChI is InChI=1S/C20H34O/c1-6-15(2)8-10-17-16(3)9-11-18-19(4,14-21)12-7-13-20(17,18)5/h6,17-18,21H,3,7-14H2,1-2,4-5H3/b15-6+/t17-,18-,19+,20+/m0/s1. The van der Waals surface area contributed by atoms with Crippen LogP contribution in [0.3, 0.4) is 0 Å². The van der Waals surface area contributed by atoms with Crippen molar-refractivity contribution in [2.75, 3.05) is 6.61 Å². The summed E-state index contributed by atoms with van der Waals surface area (Å²) >= 11 is 0. The van der Waals surface area contributed by atoms with Gasteiger partial charge in [0.2, 0.25) is 0 Å². The first-order valence-corrected chi connectivity index (χ1v) is 8.77. The highest BCUT2D eigenvalue weighted by molar-refractivity contribution is 5.17. The maximum absolute atomic E-state index is 9.98. The van der Waals surface area contributed by atoms with Gasteiger partial charge in [0.1, 0.15) is 0 Å². The molecule has 21 heavy (non-hydrogen) atoms. The number of aliphatic hydroxyl groups is 1. The Morgan fingerprint density at radius 2 is 2.10 bits per heavy atom. The largest absolute Gasteiger partial charge is 0.396 e. The first-order chi connectivity index (χ1) is 9.87. The number of aliphatic hydroxyl groups excluding tert-OH is 1. The zero-order valence-electron chi connectivity index (χ0n) is 14.5. The maximum atomic E-state index is 9.98. The van der Waals surface area contributed by atoms with Gasteiger partial charge in [-0.3, -0.25) is 0 Å². The van der Waals surface area contributed by atoms with Crippen molar-refractivity contribution in [1.29, 1.82) is 0 Å². The van der Waals surface area contributed by atoms with Crippen molar-refractivity contribution >= 4 is 0 Å². The van der Waals surface area contributed by atoms with Gasteiger partial charge in [0, 0.05) is 6.61 Å². The quantitative estimate of drug-likeness (QED) is 0.677. The van der Waals surface area contributed by atoms with E-state index in [1.54, 1.807) is 0 Å². The maximum Gasteiger partial charge on any atom is 0.0487 e. The Hall–Kier alpha value is -0.560. The molecule has 0 aromatic rings. The second kappa shape index (κ2) is 6.28. The summed E-state index contributed by atoms with van der Waals surface area (Å²) < 4.78 is 0. The van der Waals surface area contributed by atoms with E-state index in [9.17, 15) is 5.11 Å². The van der Waals surface area contributed by atoms with Gasteiger partial charge in [0.05, 0.1) is 0 Å². The van der Waals surface area contributed by atoms with E-state index in [0.29, 0.717) is 23.9 Å². The van der Waals surface area contributed by atoms with Crippen LogP contribution in [0.2, 0.25) is 0 Å². The third kappa shape index (κ3) is 2.99. The zero-order chi connectivity index (χ0) is 15.7. The van der Waals surface area contributed by atoms with Crippen molar-refractivity contribution in [3.05, 3.63) is 23.8 Å². The van der Waals surface area contributed by atoms with Crippen molar-refractivity contribution in [2.45, 2.75) is 72.6 Å². The molecule has 2 aliphatic carbocycles. The van der Waals surface area contributed by atoms with Crippen molar-refractivity contribution in [3.8, 4) is 0 Å². The molecular weight excluding hydrogens is 256 g/mol. The lowest BCUT2D eigenvalue weighted by Gasteiger charge is -2.58. The molecule has 1 N–H and O–H groups in total. The normalized spacial score (nSPS) is 41.0. The summed E-state index contributed by atoms with van der Waals surface area (Å²) in [7, 11) is 0. The number of fused-ring (bicyclic) bond motifs is 1. The molecule has 0 aromatic carbocycles. The summed E-state index contributed by atoms with van der Waals surface area (Å²) in [6.07, 6.45) is 10.8. The Bertz CT molecular complexity index is 422. The molecule has 0 amide bonds. The molecule has 0 aliphatic heterocycles. The molecule has 1 nitrogen and oxygen atoms in total. The van der Waals surface area contributed by atoms with Gasteiger partial charge in [-0.25, -0.2) is 0 Å². The number of allylic oxidation sites excluding steroid dienone is 3. The first kappa shape index (κ1) is 16.8. The van der Waals surface area contributed by atoms with Crippen LogP contribution in [0.15, 0.2) is 23.8 Å². The molecule has 120 valence electrons. The van der Waals surface area contributed by atoms with Gasteiger partial charge in [0.25, 0.3) is 0 Å². The lowest BCUT2D eigenvalue weighted by molar-refractivity contribution is -0.0858. The molecule has 0 heterocycles. The van der Waals surface area contributed by atoms with E-state index in [-0.39, 0.29) is 5.41 Å². The van der Waals surface area contributed by atoms with Gasteiger partial charge in [0.15, 0.2) is 0 Å². The van der Waals surface area contributed by atoms with Gasteiger partial charge in [-0.15, -0.1) is 0 Å². The van der Waals surface area contributed by atoms with Gasteiger partial charge in [-0.05, 0) is 75.0 Å². The summed E-state index contributed by atoms with van der Waals surface area (Å²) in [6.45, 7) is 14.0. The SMILES string of the molecule is C=C1CC[C@H]2[C@@](C)(CO)CCC[C@]2(C)[C@H]1CC/C(C)=C/C. The molecule has 1 heteroatoms. The molecule has 0 unspecified atom stereocenters. The molecule has 2 saturated carbocycles. The molecule has 2 fully saturated rings. The number of hydrogen-bond acceptors (Lipinski definition) is 1. The Balaban J connectivity index is 2.24. The monoisotopic (exact) mass is 290 g/mol. The van der Waals surface area contributed by atoms with Crippen molar-refractivity contribution < 1.29 is 5.11 Å². The molecule has 4 atom stereocenters. The lowest BCUT2D eigenvalue weighted by atomic mass is 9.47. The van der Waals surface area contributed by atoms with Crippen molar-refractivity contribution in [3.63, 3.8) is 0 Å². The lowest BCUT2D eigenvalue weighted by Crippen LogP contribution is -2.51. The average molecular weight is 290 g/mol. The zero-order valence-corrected chi connectivity index (χ0v) is 14.5. The fraction of sp³-hybridized carbons (Fsp3) is 0.800. The van der Waals surface area contributed by atoms with Crippen LogP contribution in [-0.2, 0) is 0 Å². The van der Waals surface area contributed by atoms with Gasteiger partial charge in [-0.1, -0.05) is 44.1 Å². The highest BCUT2D eigenvalue weighted by Crippen LogP contribution is 2.61. The van der Waals surface area contributed by atoms with Gasteiger partial charge >= 0.3 is 0 Å². The molecule has 0 spiro atoms. The Labute approximate surface area is 131 Å². The van der Waals surface area contributed by atoms with Gasteiger partial charge < -0.3 is 5.11 Å². The summed E-state index contributed by atoms with van der Waals surface area (Å²) in [5.74, 6) is 1.29. The molecule has 2 rings (SSSR count). The molecular formula is C20H34O. The highest BCUT2D eigenvalue weighted by Gasteiger charge is 2.53. The van der Waals surface area contributed by atoms with Crippen LogP contribution in [0, 0.1) is 22.7 Å². The smallest absolute Gasteiger partial charge is 0.0487 e. The van der Waals surface area contributed by atoms with E-state index < -0.39 is 0 Å². The molecule has 2 aliphatic rings. The average Bonchev–Trinajstić information content (AvgIpc) is 2.45. The van der Waals surface area contributed by atoms with Crippen LogP contribution < -0.4 is 0 Å². The van der Waals surface area contributed by atoms with E-state index in [1.807, 2.05) is 0 Å². The Morgan fingerprint density at radius 1 is 1.38 bits per heavy atom. The Kier molecular flexibility index (Phi) is 5.03. The van der Waals surface area contributed by atoms with Crippen molar-refractivity contribution in [1.82, 2.24) is 0 Å². The van der Waals surface area contributed by atoms with E-state index in [2.05, 4.69) is 40.3 Å². The van der Waals surface area contributed by atoms with Crippen LogP contribution >= 0.6 is 0 Å². The minimum absolute atomic E-state index is 0.127. The summed E-state index contributed by atoms with van der Waals surface area (Å²) in [5, 5.41) is 9.98. The van der Waals surface area contributed by atoms with Gasteiger partial charge in [-0.2, -0.15) is 0 Å². The summed E-state index contributed by atoms with van der Waals surface area (Å²) in [6, 6.07) is 0. The minimum atomic E-state index is 0.127. The second-order valence-corrected chi connectivity index (χ2v) is 8.15. The third-order valence-corrected chi connectivity index (χ3v) is 6.82. The van der Waals surface area contributed by atoms with E-state index in [4.69, 9.17) is 0 Å². The fourth-order valence-corrected chi connectivity index (χ4v) is 5.32. The first-order valence-electron chi connectivity index (χ1n) is 8.77. The summed E-state index contributed by atoms with van der Waals surface area (Å²) in [5.41, 5.74) is 3.44. The topological polar surface area (TPSA) is 20.2 Å². The number of rotatable bonds is 4. The van der Waals surface area contributed by atoms with Crippen LogP contribution in [0.5, 0.6) is 0 Å².